The normalized spacial score (nSPS) is 12.1. The van der Waals surface area contributed by atoms with Gasteiger partial charge in [-0.3, -0.25) is 4.79 Å². The summed E-state index contributed by atoms with van der Waals surface area (Å²) in [7, 11) is 0. The maximum Gasteiger partial charge on any atom is 0.353 e. The summed E-state index contributed by atoms with van der Waals surface area (Å²) in [6.07, 6.45) is 0. The number of hydrogen-bond donors (Lipinski definition) is 4. The van der Waals surface area contributed by atoms with E-state index in [4.69, 9.17) is 5.73 Å². The molecular weight excluding hydrogens is 350 g/mol. The standard InChI is InChI=1S/C19H19N3O3S/c1-11(20)18(23)21-10-12-7-8-14-15(9-12)22-16(19(24)25)17(14)26-13-5-3-2-4-6-13/h2-9,11,22H,10,20H2,1H3,(H,21,23)(H,24,25). The van der Waals surface area contributed by atoms with Crippen LogP contribution in [-0.2, 0) is 11.3 Å². The zero-order chi connectivity index (χ0) is 18.7. The minimum Gasteiger partial charge on any atom is -0.477 e. The maximum atomic E-state index is 11.6. The van der Waals surface area contributed by atoms with Crippen LogP contribution in [-0.4, -0.2) is 28.0 Å². The lowest BCUT2D eigenvalue weighted by Crippen LogP contribution is -2.37. The van der Waals surface area contributed by atoms with E-state index in [2.05, 4.69) is 10.3 Å². The molecule has 1 heterocycles. The minimum atomic E-state index is -1.01. The number of benzene rings is 2. The highest BCUT2D eigenvalue weighted by atomic mass is 32.2. The Morgan fingerprint density at radius 2 is 1.96 bits per heavy atom. The number of hydrogen-bond acceptors (Lipinski definition) is 4. The fourth-order valence-corrected chi connectivity index (χ4v) is 3.60. The zero-order valence-corrected chi connectivity index (χ0v) is 15.0. The van der Waals surface area contributed by atoms with Gasteiger partial charge in [0.05, 0.1) is 10.9 Å². The summed E-state index contributed by atoms with van der Waals surface area (Å²) < 4.78 is 0. The van der Waals surface area contributed by atoms with Gasteiger partial charge in [0.25, 0.3) is 0 Å². The molecule has 6 nitrogen and oxygen atoms in total. The summed E-state index contributed by atoms with van der Waals surface area (Å²) in [5.41, 5.74) is 7.27. The van der Waals surface area contributed by atoms with Gasteiger partial charge in [0.2, 0.25) is 5.91 Å². The zero-order valence-electron chi connectivity index (χ0n) is 14.2. The lowest BCUT2D eigenvalue weighted by Gasteiger charge is -2.08. The number of rotatable bonds is 6. The van der Waals surface area contributed by atoms with E-state index in [0.29, 0.717) is 17.0 Å². The van der Waals surface area contributed by atoms with Crippen molar-refractivity contribution in [1.29, 1.82) is 0 Å². The summed E-state index contributed by atoms with van der Waals surface area (Å²) in [6, 6.07) is 14.6. The van der Waals surface area contributed by atoms with Crippen LogP contribution in [0.15, 0.2) is 58.3 Å². The Kier molecular flexibility index (Phi) is 5.29. The molecule has 1 amide bonds. The maximum absolute atomic E-state index is 11.6. The molecule has 1 atom stereocenters. The van der Waals surface area contributed by atoms with Crippen molar-refractivity contribution < 1.29 is 14.7 Å². The first-order valence-corrected chi connectivity index (χ1v) is 8.91. The van der Waals surface area contributed by atoms with E-state index < -0.39 is 12.0 Å². The average Bonchev–Trinajstić information content (AvgIpc) is 2.98. The molecule has 0 radical (unpaired) electrons. The molecule has 26 heavy (non-hydrogen) atoms. The van der Waals surface area contributed by atoms with Crippen LogP contribution < -0.4 is 11.1 Å². The molecule has 0 fully saturated rings. The number of carboxylic acids is 1. The molecule has 1 aromatic heterocycles. The Labute approximate surface area is 154 Å². The molecule has 0 saturated carbocycles. The first-order chi connectivity index (χ1) is 12.5. The fourth-order valence-electron chi connectivity index (χ4n) is 2.54. The number of nitrogens with two attached hydrogens (primary N) is 1. The number of amides is 1. The Morgan fingerprint density at radius 3 is 2.62 bits per heavy atom. The molecule has 2 aromatic carbocycles. The van der Waals surface area contributed by atoms with Crippen LogP contribution in [0.1, 0.15) is 23.0 Å². The second kappa shape index (κ2) is 7.63. The number of carbonyl (C=O) groups is 2. The van der Waals surface area contributed by atoms with Gasteiger partial charge in [-0.2, -0.15) is 0 Å². The van der Waals surface area contributed by atoms with Crippen LogP contribution in [0.25, 0.3) is 10.9 Å². The van der Waals surface area contributed by atoms with Gasteiger partial charge in [-0.15, -0.1) is 0 Å². The molecular formula is C19H19N3O3S. The molecule has 0 spiro atoms. The molecule has 0 aliphatic rings. The van der Waals surface area contributed by atoms with E-state index in [1.807, 2.05) is 48.5 Å². The van der Waals surface area contributed by atoms with E-state index in [0.717, 1.165) is 15.8 Å². The molecule has 0 aliphatic heterocycles. The van der Waals surface area contributed by atoms with Crippen molar-refractivity contribution in [3.8, 4) is 0 Å². The van der Waals surface area contributed by atoms with Crippen molar-refractivity contribution in [2.75, 3.05) is 0 Å². The number of H-pyrrole nitrogens is 1. The Morgan fingerprint density at radius 1 is 1.23 bits per heavy atom. The lowest BCUT2D eigenvalue weighted by molar-refractivity contribution is -0.122. The molecule has 5 N–H and O–H groups in total. The monoisotopic (exact) mass is 369 g/mol. The Balaban J connectivity index is 1.93. The molecule has 7 heteroatoms. The number of nitrogens with one attached hydrogen (secondary N) is 2. The van der Waals surface area contributed by atoms with E-state index in [-0.39, 0.29) is 11.6 Å². The number of carbonyl (C=O) groups excluding carboxylic acids is 1. The van der Waals surface area contributed by atoms with Gasteiger partial charge in [0.1, 0.15) is 5.69 Å². The highest BCUT2D eigenvalue weighted by molar-refractivity contribution is 7.99. The molecule has 3 aromatic rings. The number of aromatic amines is 1. The number of fused-ring (bicyclic) bond motifs is 1. The van der Waals surface area contributed by atoms with Gasteiger partial charge >= 0.3 is 5.97 Å². The van der Waals surface area contributed by atoms with Crippen molar-refractivity contribution in [3.05, 3.63) is 59.8 Å². The average molecular weight is 369 g/mol. The Bertz CT molecular complexity index is 951. The van der Waals surface area contributed by atoms with Gasteiger partial charge in [0, 0.05) is 22.3 Å². The van der Waals surface area contributed by atoms with Crippen LogP contribution in [0.2, 0.25) is 0 Å². The largest absolute Gasteiger partial charge is 0.477 e. The number of aromatic nitrogens is 1. The molecule has 134 valence electrons. The van der Waals surface area contributed by atoms with E-state index in [1.54, 1.807) is 6.92 Å². The SMILES string of the molecule is CC(N)C(=O)NCc1ccc2c(Sc3ccccc3)c(C(=O)O)[nH]c2c1. The van der Waals surface area contributed by atoms with Crippen LogP contribution in [0.5, 0.6) is 0 Å². The van der Waals surface area contributed by atoms with Crippen LogP contribution in [0, 0.1) is 0 Å². The smallest absolute Gasteiger partial charge is 0.353 e. The second-order valence-electron chi connectivity index (χ2n) is 5.94. The molecule has 0 saturated heterocycles. The van der Waals surface area contributed by atoms with Crippen molar-refractivity contribution in [2.45, 2.75) is 29.3 Å². The first kappa shape index (κ1) is 18.0. The quantitative estimate of drug-likeness (QED) is 0.534. The van der Waals surface area contributed by atoms with Crippen molar-refractivity contribution >= 4 is 34.5 Å². The first-order valence-electron chi connectivity index (χ1n) is 8.10. The predicted octanol–water partition coefficient (Wildman–Crippen LogP) is 2.98. The molecule has 0 aliphatic carbocycles. The molecule has 3 rings (SSSR count). The third kappa shape index (κ3) is 3.89. The third-order valence-electron chi connectivity index (χ3n) is 3.87. The summed E-state index contributed by atoms with van der Waals surface area (Å²) in [5.74, 6) is -1.24. The van der Waals surface area contributed by atoms with E-state index in [1.165, 1.54) is 11.8 Å². The predicted molar refractivity (Wildman–Crippen MR) is 101 cm³/mol. The second-order valence-corrected chi connectivity index (χ2v) is 7.02. The van der Waals surface area contributed by atoms with Crippen molar-refractivity contribution in [2.24, 2.45) is 5.73 Å². The molecule has 0 bridgehead atoms. The number of aromatic carboxylic acids is 1. The van der Waals surface area contributed by atoms with E-state index in [9.17, 15) is 14.7 Å². The summed E-state index contributed by atoms with van der Waals surface area (Å²) in [6.45, 7) is 1.95. The summed E-state index contributed by atoms with van der Waals surface area (Å²) in [4.78, 5) is 27.9. The van der Waals surface area contributed by atoms with Gasteiger partial charge < -0.3 is 21.1 Å². The van der Waals surface area contributed by atoms with Gasteiger partial charge in [-0.25, -0.2) is 4.79 Å². The third-order valence-corrected chi connectivity index (χ3v) is 5.01. The van der Waals surface area contributed by atoms with Crippen molar-refractivity contribution in [3.63, 3.8) is 0 Å². The van der Waals surface area contributed by atoms with Gasteiger partial charge in [-0.05, 0) is 30.7 Å². The number of carboxylic acid groups (broad SMARTS) is 1. The van der Waals surface area contributed by atoms with Crippen molar-refractivity contribution in [1.82, 2.24) is 10.3 Å². The van der Waals surface area contributed by atoms with E-state index >= 15 is 0 Å². The fraction of sp³-hybridized carbons (Fsp3) is 0.158. The van der Waals surface area contributed by atoms with Crippen LogP contribution in [0.4, 0.5) is 0 Å². The van der Waals surface area contributed by atoms with Gasteiger partial charge in [0.15, 0.2) is 0 Å². The highest BCUT2D eigenvalue weighted by Crippen LogP contribution is 2.37. The van der Waals surface area contributed by atoms with Crippen LogP contribution in [0.3, 0.4) is 0 Å². The topological polar surface area (TPSA) is 108 Å². The summed E-state index contributed by atoms with van der Waals surface area (Å²) in [5, 5.41) is 13.1. The minimum absolute atomic E-state index is 0.158. The van der Waals surface area contributed by atoms with Crippen LogP contribution >= 0.6 is 11.8 Å². The Hall–Kier alpha value is -2.77. The molecule has 1 unspecified atom stereocenters. The lowest BCUT2D eigenvalue weighted by atomic mass is 10.1. The van der Waals surface area contributed by atoms with Gasteiger partial charge in [-0.1, -0.05) is 42.1 Å². The highest BCUT2D eigenvalue weighted by Gasteiger charge is 2.18. The summed E-state index contributed by atoms with van der Waals surface area (Å²) >= 11 is 1.41.